The second-order valence-electron chi connectivity index (χ2n) is 6.99. The summed E-state index contributed by atoms with van der Waals surface area (Å²) in [5.41, 5.74) is 5.50. The van der Waals surface area contributed by atoms with E-state index in [9.17, 15) is 13.2 Å². The number of ether oxygens (including phenoxy) is 2. The van der Waals surface area contributed by atoms with Crippen molar-refractivity contribution in [2.75, 3.05) is 33.6 Å². The van der Waals surface area contributed by atoms with Crippen LogP contribution in [-0.2, 0) is 25.2 Å². The molecule has 0 saturated carbocycles. The maximum Gasteiger partial charge on any atom is 0.309 e. The lowest BCUT2D eigenvalue weighted by molar-refractivity contribution is -0.129. The van der Waals surface area contributed by atoms with Gasteiger partial charge in [0.1, 0.15) is 11.5 Å². The number of carbonyl (C=O) groups excluding carboxylic acids is 1. The second kappa shape index (κ2) is 8.94. The number of carbonyl (C=O) groups is 1. The monoisotopic (exact) mass is 447 g/mol. The predicted octanol–water partition coefficient (Wildman–Crippen LogP) is 1.47. The summed E-state index contributed by atoms with van der Waals surface area (Å²) < 4.78 is 39.9. The number of nitrogens with two attached hydrogens (primary N) is 1. The number of nitrogens with zero attached hydrogens (tertiary/aromatic N) is 2. The molecule has 10 heteroatoms. The first-order valence-electron chi connectivity index (χ1n) is 9.53. The molecule has 0 bridgehead atoms. The van der Waals surface area contributed by atoms with Gasteiger partial charge in [-0.1, -0.05) is 24.3 Å². The van der Waals surface area contributed by atoms with Crippen molar-refractivity contribution in [3.8, 4) is 11.5 Å². The highest BCUT2D eigenvalue weighted by Crippen LogP contribution is 2.40. The molecule has 0 fully saturated rings. The maximum absolute atomic E-state index is 13.3. The summed E-state index contributed by atoms with van der Waals surface area (Å²) in [5, 5.41) is 0. The molecule has 1 heterocycles. The minimum Gasteiger partial charge on any atom is -0.497 e. The van der Waals surface area contributed by atoms with E-state index in [-0.39, 0.29) is 23.4 Å². The number of likely N-dealkylation sites (N-methyl/N-ethyl adjacent to an activating group) is 1. The Balaban J connectivity index is 2.03. The number of aliphatic imine (C=N–C) groups is 1. The largest absolute Gasteiger partial charge is 0.497 e. The van der Waals surface area contributed by atoms with Crippen molar-refractivity contribution in [2.24, 2.45) is 10.7 Å². The third kappa shape index (κ3) is 4.49. The molecule has 9 nitrogen and oxygen atoms in total. The molecule has 1 atom stereocenters. The fourth-order valence-corrected chi connectivity index (χ4v) is 4.31. The lowest BCUT2D eigenvalue weighted by Gasteiger charge is -2.26. The molecule has 2 N–H and O–H groups in total. The highest BCUT2D eigenvalue weighted by atomic mass is 32.2. The molecule has 0 saturated heterocycles. The van der Waals surface area contributed by atoms with E-state index in [4.69, 9.17) is 19.4 Å². The lowest BCUT2D eigenvalue weighted by Crippen LogP contribution is -2.41. The van der Waals surface area contributed by atoms with Crippen LogP contribution in [0.15, 0.2) is 53.5 Å². The quantitative estimate of drug-likeness (QED) is 0.456. The second-order valence-corrected chi connectivity index (χ2v) is 8.68. The van der Waals surface area contributed by atoms with Crippen molar-refractivity contribution in [1.29, 1.82) is 0 Å². The van der Waals surface area contributed by atoms with Gasteiger partial charge in [0.2, 0.25) is 0 Å². The van der Waals surface area contributed by atoms with Crippen LogP contribution in [0.2, 0.25) is 0 Å². The van der Waals surface area contributed by atoms with Gasteiger partial charge in [0.15, 0.2) is 11.5 Å². The van der Waals surface area contributed by atoms with E-state index in [1.807, 2.05) is 0 Å². The van der Waals surface area contributed by atoms with Crippen molar-refractivity contribution in [1.82, 2.24) is 4.90 Å². The van der Waals surface area contributed by atoms with E-state index in [1.165, 1.54) is 31.2 Å². The van der Waals surface area contributed by atoms with Crippen LogP contribution in [0, 0.1) is 0 Å². The number of rotatable bonds is 9. The summed E-state index contributed by atoms with van der Waals surface area (Å²) in [5.74, 6) is 0.198. The summed E-state index contributed by atoms with van der Waals surface area (Å²) in [6.45, 7) is 0.304. The van der Waals surface area contributed by atoms with Gasteiger partial charge < -0.3 is 19.4 Å². The highest BCUT2D eigenvalue weighted by Gasteiger charge is 2.49. The third-order valence-corrected chi connectivity index (χ3v) is 6.20. The molecule has 0 aromatic heterocycles. The van der Waals surface area contributed by atoms with Crippen molar-refractivity contribution < 1.29 is 26.9 Å². The average molecular weight is 448 g/mol. The number of benzene rings is 2. The highest BCUT2D eigenvalue weighted by molar-refractivity contribution is 7.87. The third-order valence-electron chi connectivity index (χ3n) is 4.97. The zero-order valence-electron chi connectivity index (χ0n) is 17.6. The normalized spacial score (nSPS) is 18.7. The minimum atomic E-state index is -3.83. The molecule has 1 unspecified atom stereocenters. The van der Waals surface area contributed by atoms with Gasteiger partial charge in [0.25, 0.3) is 5.91 Å². The summed E-state index contributed by atoms with van der Waals surface area (Å²) in [7, 11) is 0.749. The predicted molar refractivity (Wildman–Crippen MR) is 116 cm³/mol. The molecular formula is C21H25N3O6S. The van der Waals surface area contributed by atoms with Gasteiger partial charge in [-0.25, -0.2) is 4.99 Å². The molecule has 0 radical (unpaired) electrons. The summed E-state index contributed by atoms with van der Waals surface area (Å²) in [6.07, 6.45) is 0.304. The van der Waals surface area contributed by atoms with E-state index in [0.717, 1.165) is 0 Å². The van der Waals surface area contributed by atoms with Gasteiger partial charge >= 0.3 is 10.1 Å². The van der Waals surface area contributed by atoms with Crippen molar-refractivity contribution in [2.45, 2.75) is 12.0 Å². The molecule has 2 aromatic rings. The van der Waals surface area contributed by atoms with Gasteiger partial charge in [0, 0.05) is 20.8 Å². The van der Waals surface area contributed by atoms with E-state index < -0.39 is 15.7 Å². The molecule has 3 rings (SSSR count). The van der Waals surface area contributed by atoms with E-state index in [1.54, 1.807) is 43.5 Å². The van der Waals surface area contributed by atoms with Crippen LogP contribution in [0.3, 0.4) is 0 Å². The van der Waals surface area contributed by atoms with Crippen LogP contribution in [0.5, 0.6) is 11.5 Å². The Bertz CT molecular complexity index is 1080. The molecule has 0 aliphatic carbocycles. The van der Waals surface area contributed by atoms with Gasteiger partial charge in [-0.2, -0.15) is 8.42 Å². The summed E-state index contributed by atoms with van der Waals surface area (Å²) in [6, 6.07) is 13.2. The standard InChI is InChI=1S/C21H25N3O6S/c1-24-19(25)21(23-20(24)22,15-8-10-17(29-3)11-9-15)16-6-4-7-18(14-16)30-31(26,27)13-5-12-28-2/h4,6-11,14H,5,12-13H2,1-3H3,(H2,22,23). The van der Waals surface area contributed by atoms with Crippen LogP contribution in [0.4, 0.5) is 0 Å². The molecular weight excluding hydrogens is 422 g/mol. The minimum absolute atomic E-state index is 0.0549. The van der Waals surface area contributed by atoms with Crippen LogP contribution in [0.25, 0.3) is 0 Å². The number of hydrogen-bond donors (Lipinski definition) is 1. The Morgan fingerprint density at radius 1 is 1.06 bits per heavy atom. The molecule has 2 aromatic carbocycles. The Morgan fingerprint density at radius 3 is 2.35 bits per heavy atom. The fraction of sp³-hybridized carbons (Fsp3) is 0.333. The molecule has 1 amide bonds. The molecule has 1 aliphatic heterocycles. The van der Waals surface area contributed by atoms with Gasteiger partial charge in [-0.15, -0.1) is 0 Å². The number of amides is 1. The van der Waals surface area contributed by atoms with Crippen LogP contribution < -0.4 is 14.7 Å². The SMILES string of the molecule is COCCCS(=O)(=O)Oc1cccc(C2(c3ccc(OC)cc3)N=C(N)N(C)C2=O)c1. The Kier molecular flexibility index (Phi) is 6.51. The van der Waals surface area contributed by atoms with E-state index in [2.05, 4.69) is 4.99 Å². The Morgan fingerprint density at radius 2 is 1.77 bits per heavy atom. The molecule has 31 heavy (non-hydrogen) atoms. The maximum atomic E-state index is 13.3. The van der Waals surface area contributed by atoms with Crippen LogP contribution >= 0.6 is 0 Å². The fourth-order valence-electron chi connectivity index (χ4n) is 3.36. The van der Waals surface area contributed by atoms with Gasteiger partial charge in [-0.05, 0) is 41.8 Å². The summed E-state index contributed by atoms with van der Waals surface area (Å²) >= 11 is 0. The Labute approximate surface area is 181 Å². The lowest BCUT2D eigenvalue weighted by atomic mass is 9.82. The smallest absolute Gasteiger partial charge is 0.309 e. The van der Waals surface area contributed by atoms with Crippen molar-refractivity contribution >= 4 is 22.0 Å². The van der Waals surface area contributed by atoms with Crippen molar-refractivity contribution in [3.05, 3.63) is 59.7 Å². The first-order chi connectivity index (χ1) is 14.7. The van der Waals surface area contributed by atoms with Crippen LogP contribution in [-0.4, -0.2) is 58.8 Å². The van der Waals surface area contributed by atoms with E-state index >= 15 is 0 Å². The average Bonchev–Trinajstić information content (AvgIpc) is 2.98. The Hall–Kier alpha value is -3.11. The topological polar surface area (TPSA) is 121 Å². The number of hydrogen-bond acceptors (Lipinski definition) is 8. The first kappa shape index (κ1) is 22.6. The number of guanidine groups is 1. The van der Waals surface area contributed by atoms with Crippen molar-refractivity contribution in [3.63, 3.8) is 0 Å². The van der Waals surface area contributed by atoms with Gasteiger partial charge in [-0.3, -0.25) is 9.69 Å². The zero-order chi connectivity index (χ0) is 22.6. The van der Waals surface area contributed by atoms with E-state index in [0.29, 0.717) is 29.9 Å². The first-order valence-corrected chi connectivity index (χ1v) is 11.1. The zero-order valence-corrected chi connectivity index (χ0v) is 18.4. The summed E-state index contributed by atoms with van der Waals surface area (Å²) in [4.78, 5) is 19.0. The number of methoxy groups -OCH3 is 2. The molecule has 0 spiro atoms. The van der Waals surface area contributed by atoms with Gasteiger partial charge in [0.05, 0.1) is 12.9 Å². The van der Waals surface area contributed by atoms with Crippen LogP contribution in [0.1, 0.15) is 17.5 Å². The molecule has 166 valence electrons. The molecule has 1 aliphatic rings.